The maximum absolute atomic E-state index is 12.5. The second-order valence-corrected chi connectivity index (χ2v) is 10.2. The van der Waals surface area contributed by atoms with Crippen LogP contribution in [0.15, 0.2) is 80.6 Å². The van der Waals surface area contributed by atoms with E-state index in [9.17, 15) is 9.59 Å². The summed E-state index contributed by atoms with van der Waals surface area (Å²) < 4.78 is 10.2. The average molecular weight is 584 g/mol. The van der Waals surface area contributed by atoms with Crippen LogP contribution in [0.5, 0.6) is 5.75 Å². The maximum atomic E-state index is 12.5. The third-order valence-corrected chi connectivity index (χ3v) is 6.73. The molecule has 3 heterocycles. The predicted octanol–water partition coefficient (Wildman–Crippen LogP) is 5.66. The summed E-state index contributed by atoms with van der Waals surface area (Å²) in [6.07, 6.45) is 8.83. The van der Waals surface area contributed by atoms with Crippen molar-refractivity contribution in [2.24, 2.45) is 10.9 Å². The van der Waals surface area contributed by atoms with E-state index in [1.54, 1.807) is 18.6 Å². The maximum Gasteiger partial charge on any atom is 0.439 e. The summed E-state index contributed by atoms with van der Waals surface area (Å²) in [6, 6.07) is 11.3. The number of carbonyl (C=O) groups excluding carboxylic acids is 1. The number of nitrogens with one attached hydrogen (secondary N) is 1. The van der Waals surface area contributed by atoms with Crippen LogP contribution >= 0.6 is 0 Å². The molecule has 0 aliphatic carbocycles. The highest BCUT2D eigenvalue weighted by Crippen LogP contribution is 2.29. The number of amidine groups is 1. The predicted molar refractivity (Wildman–Crippen MR) is 166 cm³/mol. The van der Waals surface area contributed by atoms with E-state index < -0.39 is 5.76 Å². The molecule has 0 bridgehead atoms. The summed E-state index contributed by atoms with van der Waals surface area (Å²) in [6.45, 7) is 8.66. The fourth-order valence-corrected chi connectivity index (χ4v) is 4.57. The topological polar surface area (TPSA) is 139 Å². The molecule has 0 fully saturated rings. The number of aromatic amines is 1. The number of allylic oxidation sites excluding steroid dienone is 2. The first-order valence-electron chi connectivity index (χ1n) is 14.4. The molecule has 43 heavy (non-hydrogen) atoms. The molecule has 1 aromatic carbocycles. The van der Waals surface area contributed by atoms with E-state index in [0.29, 0.717) is 53.8 Å². The zero-order valence-electron chi connectivity index (χ0n) is 25.2. The van der Waals surface area contributed by atoms with Crippen molar-refractivity contribution in [2.45, 2.75) is 53.4 Å². The van der Waals surface area contributed by atoms with Gasteiger partial charge in [-0.05, 0) is 31.4 Å². The van der Waals surface area contributed by atoms with Crippen molar-refractivity contribution in [1.82, 2.24) is 25.1 Å². The molecule has 11 heteroatoms. The number of anilines is 1. The van der Waals surface area contributed by atoms with Crippen LogP contribution in [-0.2, 0) is 11.2 Å². The molecule has 4 aromatic rings. The van der Waals surface area contributed by atoms with Crippen molar-refractivity contribution in [1.29, 1.82) is 0 Å². The van der Waals surface area contributed by atoms with Gasteiger partial charge in [0.05, 0.1) is 24.7 Å². The van der Waals surface area contributed by atoms with E-state index in [1.165, 1.54) is 0 Å². The monoisotopic (exact) mass is 583 g/mol. The van der Waals surface area contributed by atoms with Crippen molar-refractivity contribution in [3.05, 3.63) is 82.4 Å². The molecule has 0 unspecified atom stereocenters. The lowest BCUT2D eigenvalue weighted by Crippen LogP contribution is -2.32. The van der Waals surface area contributed by atoms with E-state index in [1.807, 2.05) is 55.3 Å². The van der Waals surface area contributed by atoms with Gasteiger partial charge in [0.25, 0.3) is 0 Å². The summed E-state index contributed by atoms with van der Waals surface area (Å²) in [5.41, 5.74) is 4.39. The normalized spacial score (nSPS) is 12.3. The number of ether oxygens (including phenoxy) is 1. The van der Waals surface area contributed by atoms with Gasteiger partial charge in [-0.2, -0.15) is 0 Å². The van der Waals surface area contributed by atoms with Crippen molar-refractivity contribution in [2.75, 3.05) is 18.6 Å². The Morgan fingerprint density at radius 3 is 2.40 bits per heavy atom. The molecule has 224 valence electrons. The Balaban J connectivity index is 1.64. The molecule has 0 atom stereocenters. The lowest BCUT2D eigenvalue weighted by Gasteiger charge is -2.23. The van der Waals surface area contributed by atoms with Gasteiger partial charge in [-0.25, -0.2) is 19.8 Å². The van der Waals surface area contributed by atoms with E-state index >= 15 is 0 Å². The van der Waals surface area contributed by atoms with E-state index in [-0.39, 0.29) is 5.92 Å². The Hall–Kier alpha value is -4.93. The van der Waals surface area contributed by atoms with E-state index in [2.05, 4.69) is 50.4 Å². The number of benzene rings is 1. The Bertz CT molecular complexity index is 1620. The third kappa shape index (κ3) is 7.88. The van der Waals surface area contributed by atoms with Crippen LogP contribution in [0.4, 0.5) is 5.95 Å². The quantitative estimate of drug-likeness (QED) is 0.0914. The number of carbonyl (C=O) groups is 1. The lowest BCUT2D eigenvalue weighted by molar-refractivity contribution is -0.105. The summed E-state index contributed by atoms with van der Waals surface area (Å²) in [7, 11) is 1.88. The van der Waals surface area contributed by atoms with E-state index in [4.69, 9.17) is 9.73 Å². The van der Waals surface area contributed by atoms with Crippen LogP contribution in [0, 0.1) is 5.92 Å². The largest absolute Gasteiger partial charge is 0.491 e. The molecule has 1 N–H and O–H groups in total. The van der Waals surface area contributed by atoms with Crippen molar-refractivity contribution < 1.29 is 14.1 Å². The SMILES string of the molecule is CCCCC(/N=C(/C(C)C)N(C)c1ncc(OCC)cn1)=C(/C=O)Cc1ccc(-c2ccccc2-c2noc(=O)[nH]2)nc1. The Labute approximate surface area is 250 Å². The molecule has 4 rings (SSSR count). The first kappa shape index (κ1) is 31.0. The third-order valence-electron chi connectivity index (χ3n) is 6.73. The Morgan fingerprint density at radius 1 is 1.07 bits per heavy atom. The van der Waals surface area contributed by atoms with Crippen molar-refractivity contribution in [3.8, 4) is 28.4 Å². The molecular weight excluding hydrogens is 546 g/mol. The van der Waals surface area contributed by atoms with Crippen LogP contribution in [0.2, 0.25) is 0 Å². The fourth-order valence-electron chi connectivity index (χ4n) is 4.57. The zero-order valence-corrected chi connectivity index (χ0v) is 25.2. The lowest BCUT2D eigenvalue weighted by atomic mass is 10.0. The number of rotatable bonds is 13. The Kier molecular flexibility index (Phi) is 10.7. The smallest absolute Gasteiger partial charge is 0.439 e. The summed E-state index contributed by atoms with van der Waals surface area (Å²) in [5.74, 6) is 1.61. The average Bonchev–Trinajstić information content (AvgIpc) is 3.46. The van der Waals surface area contributed by atoms with Gasteiger partial charge in [-0.1, -0.05) is 62.7 Å². The van der Waals surface area contributed by atoms with Crippen LogP contribution in [0.1, 0.15) is 52.5 Å². The first-order chi connectivity index (χ1) is 20.8. The zero-order chi connectivity index (χ0) is 30.8. The van der Waals surface area contributed by atoms with Crippen LogP contribution in [0.3, 0.4) is 0 Å². The second kappa shape index (κ2) is 14.8. The summed E-state index contributed by atoms with van der Waals surface area (Å²) >= 11 is 0. The second-order valence-electron chi connectivity index (χ2n) is 10.2. The number of unbranched alkanes of at least 4 members (excludes halogenated alkanes) is 1. The van der Waals surface area contributed by atoms with Gasteiger partial charge in [0.15, 0.2) is 11.6 Å². The number of hydrogen-bond donors (Lipinski definition) is 1. The number of H-pyrrole nitrogens is 1. The Morgan fingerprint density at radius 2 is 1.81 bits per heavy atom. The molecule has 0 spiro atoms. The molecule has 0 amide bonds. The molecule has 0 saturated carbocycles. The summed E-state index contributed by atoms with van der Waals surface area (Å²) in [4.78, 5) is 47.0. The highest BCUT2D eigenvalue weighted by Gasteiger charge is 2.18. The number of aldehydes is 1. The first-order valence-corrected chi connectivity index (χ1v) is 14.4. The molecule has 11 nitrogen and oxygen atoms in total. The minimum Gasteiger partial charge on any atom is -0.491 e. The van der Waals surface area contributed by atoms with Crippen molar-refractivity contribution >= 4 is 18.1 Å². The van der Waals surface area contributed by atoms with Gasteiger partial charge in [0, 0.05) is 48.0 Å². The molecule has 3 aromatic heterocycles. The molecule has 0 aliphatic rings. The highest BCUT2D eigenvalue weighted by atomic mass is 16.5. The standard InChI is InChI=1S/C32H37N7O4/c1-6-8-13-27(36-30(21(3)4)39(5)31-34-18-24(19-35-31)42-7-2)23(20-40)16-22-14-15-28(33-17-22)25-11-9-10-12-26(25)29-37-32(41)43-38-29/h9-12,14-15,17-21H,6-8,13,16H2,1-5H3,(H,37,38,41)/b27-23-,36-30-. The van der Waals surface area contributed by atoms with Gasteiger partial charge in [-0.3, -0.25) is 19.3 Å². The van der Waals surface area contributed by atoms with Crippen LogP contribution < -0.4 is 15.4 Å². The van der Waals surface area contributed by atoms with E-state index in [0.717, 1.165) is 41.8 Å². The molecule has 0 aliphatic heterocycles. The van der Waals surface area contributed by atoms with Gasteiger partial charge in [0.1, 0.15) is 12.1 Å². The van der Waals surface area contributed by atoms with Crippen molar-refractivity contribution in [3.63, 3.8) is 0 Å². The van der Waals surface area contributed by atoms with Gasteiger partial charge in [0.2, 0.25) is 5.95 Å². The van der Waals surface area contributed by atoms with Crippen LogP contribution in [0.25, 0.3) is 22.6 Å². The fraction of sp³-hybridized carbons (Fsp3) is 0.344. The molecule has 0 radical (unpaired) electrons. The minimum absolute atomic E-state index is 0.0466. The molecule has 0 saturated heterocycles. The van der Waals surface area contributed by atoms with Gasteiger partial charge >= 0.3 is 5.76 Å². The number of aliphatic imine (C=N–C) groups is 1. The van der Waals surface area contributed by atoms with Gasteiger partial charge < -0.3 is 9.64 Å². The molecular formula is C32H37N7O4. The van der Waals surface area contributed by atoms with Crippen LogP contribution in [-0.4, -0.2) is 50.9 Å². The highest BCUT2D eigenvalue weighted by molar-refractivity contribution is 5.98. The number of nitrogens with zero attached hydrogens (tertiary/aromatic N) is 6. The number of pyridine rings is 1. The van der Waals surface area contributed by atoms with Gasteiger partial charge in [-0.15, -0.1) is 0 Å². The minimum atomic E-state index is -0.623. The number of hydrogen-bond acceptors (Lipinski definition) is 9. The number of aromatic nitrogens is 5. The summed E-state index contributed by atoms with van der Waals surface area (Å²) in [5, 5.41) is 3.82.